The summed E-state index contributed by atoms with van der Waals surface area (Å²) in [5.74, 6) is 0.861. The third-order valence-corrected chi connectivity index (χ3v) is 3.66. The molecule has 0 saturated carbocycles. The van der Waals surface area contributed by atoms with E-state index in [1.807, 2.05) is 24.3 Å². The first kappa shape index (κ1) is 15.2. The van der Waals surface area contributed by atoms with Crippen LogP contribution in [-0.4, -0.2) is 18.5 Å². The number of nitrogens with zero attached hydrogens (tertiary/aromatic N) is 1. The molecule has 1 aliphatic heterocycles. The van der Waals surface area contributed by atoms with E-state index in [1.165, 1.54) is 11.1 Å². The normalized spacial score (nSPS) is 18.0. The van der Waals surface area contributed by atoms with E-state index in [9.17, 15) is 0 Å². The van der Waals surface area contributed by atoms with E-state index in [1.54, 1.807) is 0 Å². The van der Waals surface area contributed by atoms with Crippen LogP contribution in [0.4, 0.5) is 0 Å². The van der Waals surface area contributed by atoms with Crippen molar-refractivity contribution < 1.29 is 4.74 Å². The van der Waals surface area contributed by atoms with Crippen LogP contribution in [0.15, 0.2) is 48.5 Å². The third kappa shape index (κ3) is 3.26. The Hall–Kier alpha value is -1.22. The van der Waals surface area contributed by atoms with Crippen LogP contribution < -0.4 is 4.74 Å². The quantitative estimate of drug-likeness (QED) is 0.819. The van der Waals surface area contributed by atoms with Crippen molar-refractivity contribution in [3.05, 3.63) is 64.7 Å². The number of hydrogen-bond acceptors (Lipinski definition) is 2. The SMILES string of the molecule is CN1Cc2ccccc2C(Oc2ccc(Cl)cc2)C1.Cl. The molecule has 0 spiro atoms. The van der Waals surface area contributed by atoms with Gasteiger partial charge in [0.15, 0.2) is 0 Å². The van der Waals surface area contributed by atoms with Gasteiger partial charge in [0.25, 0.3) is 0 Å². The Labute approximate surface area is 130 Å². The van der Waals surface area contributed by atoms with Crippen molar-refractivity contribution in [1.82, 2.24) is 4.90 Å². The first-order valence-corrected chi connectivity index (χ1v) is 6.79. The first-order chi connectivity index (χ1) is 9.22. The van der Waals surface area contributed by atoms with Crippen LogP contribution in [0, 0.1) is 0 Å². The Kier molecular flexibility index (Phi) is 4.92. The van der Waals surface area contributed by atoms with Gasteiger partial charge in [-0.3, -0.25) is 4.90 Å². The molecule has 0 amide bonds. The lowest BCUT2D eigenvalue weighted by atomic mass is 9.98. The maximum atomic E-state index is 6.11. The van der Waals surface area contributed by atoms with Gasteiger partial charge >= 0.3 is 0 Å². The largest absolute Gasteiger partial charge is 0.484 e. The number of benzene rings is 2. The van der Waals surface area contributed by atoms with E-state index in [2.05, 4.69) is 36.2 Å². The highest BCUT2D eigenvalue weighted by Gasteiger charge is 2.24. The summed E-state index contributed by atoms with van der Waals surface area (Å²) in [5.41, 5.74) is 2.63. The molecule has 0 N–H and O–H groups in total. The third-order valence-electron chi connectivity index (χ3n) is 3.41. The summed E-state index contributed by atoms with van der Waals surface area (Å²) in [5, 5.41) is 0.730. The number of rotatable bonds is 2. The topological polar surface area (TPSA) is 12.5 Å². The molecule has 0 saturated heterocycles. The monoisotopic (exact) mass is 309 g/mol. The van der Waals surface area contributed by atoms with Crippen LogP contribution >= 0.6 is 24.0 Å². The minimum atomic E-state index is 0. The number of halogens is 2. The smallest absolute Gasteiger partial charge is 0.137 e. The minimum Gasteiger partial charge on any atom is -0.484 e. The molecule has 2 aromatic carbocycles. The summed E-state index contributed by atoms with van der Waals surface area (Å²) in [6, 6.07) is 16.0. The van der Waals surface area contributed by atoms with E-state index < -0.39 is 0 Å². The van der Waals surface area contributed by atoms with Crippen molar-refractivity contribution in [3.63, 3.8) is 0 Å². The average Bonchev–Trinajstić information content (AvgIpc) is 2.41. The second-order valence-electron chi connectivity index (χ2n) is 4.96. The zero-order valence-corrected chi connectivity index (χ0v) is 12.8. The van der Waals surface area contributed by atoms with Crippen molar-refractivity contribution in [2.75, 3.05) is 13.6 Å². The second kappa shape index (κ2) is 6.49. The van der Waals surface area contributed by atoms with Crippen molar-refractivity contribution in [1.29, 1.82) is 0 Å². The van der Waals surface area contributed by atoms with E-state index in [0.29, 0.717) is 0 Å². The van der Waals surface area contributed by atoms with Gasteiger partial charge in [0, 0.05) is 18.1 Å². The lowest BCUT2D eigenvalue weighted by Crippen LogP contribution is -2.32. The van der Waals surface area contributed by atoms with Gasteiger partial charge < -0.3 is 4.74 Å². The molecular formula is C16H17Cl2NO. The molecule has 106 valence electrons. The maximum absolute atomic E-state index is 6.11. The molecule has 0 bridgehead atoms. The molecule has 4 heteroatoms. The van der Waals surface area contributed by atoms with Gasteiger partial charge in [-0.1, -0.05) is 35.9 Å². The summed E-state index contributed by atoms with van der Waals surface area (Å²) in [7, 11) is 2.12. The van der Waals surface area contributed by atoms with Gasteiger partial charge in [-0.25, -0.2) is 0 Å². The molecule has 3 rings (SSSR count). The summed E-state index contributed by atoms with van der Waals surface area (Å²) < 4.78 is 6.11. The van der Waals surface area contributed by atoms with Crippen LogP contribution in [0.2, 0.25) is 5.02 Å². The maximum Gasteiger partial charge on any atom is 0.137 e. The highest BCUT2D eigenvalue weighted by atomic mass is 35.5. The molecule has 2 aromatic rings. The van der Waals surface area contributed by atoms with Gasteiger partial charge in [0.05, 0.1) is 0 Å². The van der Waals surface area contributed by atoms with Gasteiger partial charge in [-0.15, -0.1) is 12.4 Å². The van der Waals surface area contributed by atoms with Crippen molar-refractivity contribution in [3.8, 4) is 5.75 Å². The number of hydrogen-bond donors (Lipinski definition) is 0. The summed E-state index contributed by atoms with van der Waals surface area (Å²) in [4.78, 5) is 2.28. The molecule has 1 atom stereocenters. The van der Waals surface area contributed by atoms with E-state index in [0.717, 1.165) is 23.9 Å². The molecule has 1 heterocycles. The predicted molar refractivity (Wildman–Crippen MR) is 84.8 cm³/mol. The molecule has 0 fully saturated rings. The Morgan fingerprint density at radius 1 is 1.10 bits per heavy atom. The lowest BCUT2D eigenvalue weighted by Gasteiger charge is -2.32. The Morgan fingerprint density at radius 2 is 1.80 bits per heavy atom. The van der Waals surface area contributed by atoms with Crippen LogP contribution in [-0.2, 0) is 6.54 Å². The van der Waals surface area contributed by atoms with Gasteiger partial charge in [-0.05, 0) is 42.4 Å². The van der Waals surface area contributed by atoms with Crippen LogP contribution in [0.3, 0.4) is 0 Å². The van der Waals surface area contributed by atoms with E-state index in [-0.39, 0.29) is 18.5 Å². The Bertz CT molecular complexity index is 571. The summed E-state index contributed by atoms with van der Waals surface area (Å²) in [6.07, 6.45) is 0.0797. The second-order valence-corrected chi connectivity index (χ2v) is 5.39. The van der Waals surface area contributed by atoms with Gasteiger partial charge in [0.1, 0.15) is 11.9 Å². The zero-order valence-electron chi connectivity index (χ0n) is 11.3. The zero-order chi connectivity index (χ0) is 13.2. The van der Waals surface area contributed by atoms with Gasteiger partial charge in [-0.2, -0.15) is 0 Å². The molecule has 1 unspecified atom stereocenters. The van der Waals surface area contributed by atoms with Crippen LogP contribution in [0.1, 0.15) is 17.2 Å². The van der Waals surface area contributed by atoms with E-state index in [4.69, 9.17) is 16.3 Å². The summed E-state index contributed by atoms with van der Waals surface area (Å²) >= 11 is 5.89. The predicted octanol–water partition coefficient (Wildman–Crippen LogP) is 4.33. The highest BCUT2D eigenvalue weighted by molar-refractivity contribution is 6.30. The molecule has 0 aromatic heterocycles. The Balaban J connectivity index is 0.00000147. The molecule has 20 heavy (non-hydrogen) atoms. The molecule has 2 nitrogen and oxygen atoms in total. The van der Waals surface area contributed by atoms with Gasteiger partial charge in [0.2, 0.25) is 0 Å². The first-order valence-electron chi connectivity index (χ1n) is 6.41. The average molecular weight is 310 g/mol. The summed E-state index contributed by atoms with van der Waals surface area (Å²) in [6.45, 7) is 1.89. The van der Waals surface area contributed by atoms with Crippen molar-refractivity contribution >= 4 is 24.0 Å². The fourth-order valence-corrected chi connectivity index (χ4v) is 2.63. The van der Waals surface area contributed by atoms with Crippen molar-refractivity contribution in [2.45, 2.75) is 12.6 Å². The van der Waals surface area contributed by atoms with Crippen LogP contribution in [0.25, 0.3) is 0 Å². The van der Waals surface area contributed by atoms with Crippen LogP contribution in [0.5, 0.6) is 5.75 Å². The lowest BCUT2D eigenvalue weighted by molar-refractivity contribution is 0.129. The highest BCUT2D eigenvalue weighted by Crippen LogP contribution is 2.30. The number of likely N-dealkylation sites (N-methyl/N-ethyl adjacent to an activating group) is 1. The molecule has 0 aliphatic carbocycles. The number of ether oxygens (including phenoxy) is 1. The fourth-order valence-electron chi connectivity index (χ4n) is 2.51. The molecule has 0 radical (unpaired) electrons. The fraction of sp³-hybridized carbons (Fsp3) is 0.250. The molecular weight excluding hydrogens is 293 g/mol. The standard InChI is InChI=1S/C16H16ClNO.ClH/c1-18-10-12-4-2-3-5-15(12)16(11-18)19-14-8-6-13(17)7-9-14;/h2-9,16H,10-11H2,1H3;1H. The minimum absolute atomic E-state index is 0. The van der Waals surface area contributed by atoms with Crippen molar-refractivity contribution in [2.24, 2.45) is 0 Å². The number of fused-ring (bicyclic) bond motifs is 1. The van der Waals surface area contributed by atoms with E-state index >= 15 is 0 Å². The molecule has 1 aliphatic rings. The Morgan fingerprint density at radius 3 is 2.55 bits per heavy atom.